The molecule has 0 aliphatic carbocycles. The number of ether oxygens (including phenoxy) is 1. The van der Waals surface area contributed by atoms with Crippen molar-refractivity contribution in [1.29, 1.82) is 0 Å². The van der Waals surface area contributed by atoms with Gasteiger partial charge in [-0.3, -0.25) is 4.79 Å². The Hall–Kier alpha value is -1.92. The summed E-state index contributed by atoms with van der Waals surface area (Å²) < 4.78 is 5.68. The van der Waals surface area contributed by atoms with Gasteiger partial charge in [0.15, 0.2) is 0 Å². The van der Waals surface area contributed by atoms with E-state index in [1.165, 1.54) is 11.3 Å². The molecule has 2 rings (SSSR count). The van der Waals surface area contributed by atoms with Crippen LogP contribution in [0.5, 0.6) is 5.75 Å². The minimum absolute atomic E-state index is 0.0403. The number of carbonyl (C=O) groups is 1. The average Bonchev–Trinajstić information content (AvgIpc) is 2.89. The Morgan fingerprint density at radius 1 is 1.43 bits per heavy atom. The topological polar surface area (TPSA) is 77.2 Å². The highest BCUT2D eigenvalue weighted by atomic mass is 32.1. The summed E-state index contributed by atoms with van der Waals surface area (Å²) >= 11 is 1.44. The van der Waals surface area contributed by atoms with Crippen LogP contribution in [0.3, 0.4) is 0 Å². The number of nitrogens with one attached hydrogen (secondary N) is 1. The van der Waals surface area contributed by atoms with E-state index in [-0.39, 0.29) is 12.0 Å². The number of aromatic nitrogens is 1. The molecule has 21 heavy (non-hydrogen) atoms. The molecule has 1 aromatic heterocycles. The number of hydrogen-bond acceptors (Lipinski definition) is 5. The maximum Gasteiger partial charge on any atom is 0.275 e. The van der Waals surface area contributed by atoms with Gasteiger partial charge < -0.3 is 15.8 Å². The molecule has 1 aromatic carbocycles. The molecule has 0 bridgehead atoms. The van der Waals surface area contributed by atoms with Crippen LogP contribution in [0.15, 0.2) is 29.6 Å². The fourth-order valence-electron chi connectivity index (χ4n) is 1.77. The van der Waals surface area contributed by atoms with Gasteiger partial charge in [-0.1, -0.05) is 12.1 Å². The molecular formula is C15H19N3O2S. The number of rotatable bonds is 6. The van der Waals surface area contributed by atoms with Gasteiger partial charge >= 0.3 is 0 Å². The lowest BCUT2D eigenvalue weighted by molar-refractivity contribution is 0.102. The molecule has 112 valence electrons. The Labute approximate surface area is 128 Å². The van der Waals surface area contributed by atoms with Crippen LogP contribution in [-0.4, -0.2) is 23.5 Å². The first-order chi connectivity index (χ1) is 10.1. The van der Waals surface area contributed by atoms with Gasteiger partial charge in [-0.05, 0) is 32.5 Å². The highest BCUT2D eigenvalue weighted by molar-refractivity contribution is 7.09. The summed E-state index contributed by atoms with van der Waals surface area (Å²) in [6.45, 7) is 4.41. The maximum absolute atomic E-state index is 12.2. The van der Waals surface area contributed by atoms with E-state index in [2.05, 4.69) is 10.3 Å². The van der Waals surface area contributed by atoms with Crippen molar-refractivity contribution in [2.75, 3.05) is 11.9 Å². The molecule has 6 heteroatoms. The van der Waals surface area contributed by atoms with Crippen LogP contribution < -0.4 is 15.8 Å². The molecule has 0 spiro atoms. The maximum atomic E-state index is 12.2. The zero-order chi connectivity index (χ0) is 15.2. The highest BCUT2D eigenvalue weighted by Crippen LogP contribution is 2.25. The van der Waals surface area contributed by atoms with E-state index in [1.807, 2.05) is 38.1 Å². The SMILES string of the molecule is CC(C)Oc1ccccc1NC(=O)c1csc(CCN)n1. The molecule has 5 nitrogen and oxygen atoms in total. The summed E-state index contributed by atoms with van der Waals surface area (Å²) in [5.74, 6) is 0.410. The minimum Gasteiger partial charge on any atom is -0.489 e. The fraction of sp³-hybridized carbons (Fsp3) is 0.333. The van der Waals surface area contributed by atoms with E-state index >= 15 is 0 Å². The third-order valence-electron chi connectivity index (χ3n) is 2.64. The molecule has 1 amide bonds. The van der Waals surface area contributed by atoms with Gasteiger partial charge in [0.05, 0.1) is 16.8 Å². The van der Waals surface area contributed by atoms with Crippen LogP contribution in [0.2, 0.25) is 0 Å². The Balaban J connectivity index is 2.11. The molecule has 3 N–H and O–H groups in total. The Morgan fingerprint density at radius 2 is 2.19 bits per heavy atom. The number of carbonyl (C=O) groups excluding carboxylic acids is 1. The zero-order valence-electron chi connectivity index (χ0n) is 12.1. The molecule has 0 radical (unpaired) electrons. The van der Waals surface area contributed by atoms with E-state index in [1.54, 1.807) is 5.38 Å². The fourth-order valence-corrected chi connectivity index (χ4v) is 2.56. The molecule has 1 heterocycles. The van der Waals surface area contributed by atoms with Crippen LogP contribution in [0.4, 0.5) is 5.69 Å². The highest BCUT2D eigenvalue weighted by Gasteiger charge is 2.13. The summed E-state index contributed by atoms with van der Waals surface area (Å²) in [7, 11) is 0. The summed E-state index contributed by atoms with van der Waals surface area (Å²) in [5, 5.41) is 5.45. The summed E-state index contributed by atoms with van der Waals surface area (Å²) in [4.78, 5) is 16.5. The standard InChI is InChI=1S/C15H19N3O2S/c1-10(2)20-13-6-4-3-5-11(13)18-15(19)12-9-21-14(17-12)7-8-16/h3-6,9-10H,7-8,16H2,1-2H3,(H,18,19). The number of nitrogens with zero attached hydrogens (tertiary/aromatic N) is 1. The predicted octanol–water partition coefficient (Wildman–Crippen LogP) is 2.68. The number of thiazole rings is 1. The van der Waals surface area contributed by atoms with Crippen molar-refractivity contribution in [1.82, 2.24) is 4.98 Å². The van der Waals surface area contributed by atoms with Gasteiger partial charge in [0.1, 0.15) is 11.4 Å². The lowest BCUT2D eigenvalue weighted by Crippen LogP contribution is -2.15. The van der Waals surface area contributed by atoms with Gasteiger partial charge in [-0.25, -0.2) is 4.98 Å². The molecule has 0 unspecified atom stereocenters. The quantitative estimate of drug-likeness (QED) is 0.860. The van der Waals surface area contributed by atoms with Crippen molar-refractivity contribution in [3.63, 3.8) is 0 Å². The van der Waals surface area contributed by atoms with Crippen LogP contribution in [0.25, 0.3) is 0 Å². The van der Waals surface area contributed by atoms with Gasteiger partial charge in [0.25, 0.3) is 5.91 Å². The molecule has 0 saturated heterocycles. The molecular weight excluding hydrogens is 286 g/mol. The second-order valence-electron chi connectivity index (χ2n) is 4.78. The summed E-state index contributed by atoms with van der Waals surface area (Å²) in [6, 6.07) is 7.36. The summed E-state index contributed by atoms with van der Waals surface area (Å²) in [5.41, 5.74) is 6.53. The van der Waals surface area contributed by atoms with Crippen molar-refractivity contribution in [2.24, 2.45) is 5.73 Å². The first kappa shape index (κ1) is 15.5. The lowest BCUT2D eigenvalue weighted by atomic mass is 10.2. The Bertz CT molecular complexity index is 610. The monoisotopic (exact) mass is 305 g/mol. The Kier molecular flexibility index (Phi) is 5.30. The van der Waals surface area contributed by atoms with Gasteiger partial charge in [0, 0.05) is 11.8 Å². The number of hydrogen-bond donors (Lipinski definition) is 2. The largest absolute Gasteiger partial charge is 0.489 e. The van der Waals surface area contributed by atoms with Crippen molar-refractivity contribution in [2.45, 2.75) is 26.4 Å². The lowest BCUT2D eigenvalue weighted by Gasteiger charge is -2.14. The second-order valence-corrected chi connectivity index (χ2v) is 5.72. The third-order valence-corrected chi connectivity index (χ3v) is 3.55. The third kappa shape index (κ3) is 4.27. The van der Waals surface area contributed by atoms with Crippen LogP contribution in [-0.2, 0) is 6.42 Å². The van der Waals surface area contributed by atoms with Gasteiger partial charge in [-0.15, -0.1) is 11.3 Å². The zero-order valence-corrected chi connectivity index (χ0v) is 12.9. The van der Waals surface area contributed by atoms with E-state index in [9.17, 15) is 4.79 Å². The van der Waals surface area contributed by atoms with Crippen molar-refractivity contribution < 1.29 is 9.53 Å². The normalized spacial score (nSPS) is 10.7. The average molecular weight is 305 g/mol. The van der Waals surface area contributed by atoms with Crippen molar-refractivity contribution in [3.05, 3.63) is 40.3 Å². The molecule has 0 saturated carbocycles. The second kappa shape index (κ2) is 7.19. The van der Waals surface area contributed by atoms with E-state index < -0.39 is 0 Å². The van der Waals surface area contributed by atoms with E-state index in [0.29, 0.717) is 30.1 Å². The number of amides is 1. The number of anilines is 1. The van der Waals surface area contributed by atoms with E-state index in [4.69, 9.17) is 10.5 Å². The van der Waals surface area contributed by atoms with Crippen LogP contribution >= 0.6 is 11.3 Å². The molecule has 2 aromatic rings. The predicted molar refractivity (Wildman–Crippen MR) is 85.0 cm³/mol. The van der Waals surface area contributed by atoms with Gasteiger partial charge in [-0.2, -0.15) is 0 Å². The minimum atomic E-state index is -0.241. The van der Waals surface area contributed by atoms with E-state index in [0.717, 1.165) is 5.01 Å². The Morgan fingerprint density at radius 3 is 2.90 bits per heavy atom. The molecule has 0 fully saturated rings. The molecule has 0 aliphatic rings. The number of benzene rings is 1. The first-order valence-corrected chi connectivity index (χ1v) is 7.69. The van der Waals surface area contributed by atoms with Crippen LogP contribution in [0, 0.1) is 0 Å². The molecule has 0 aliphatic heterocycles. The van der Waals surface area contributed by atoms with Crippen molar-refractivity contribution >= 4 is 22.9 Å². The summed E-state index contributed by atoms with van der Waals surface area (Å²) in [6.07, 6.45) is 0.726. The number of para-hydroxylation sites is 2. The smallest absolute Gasteiger partial charge is 0.275 e. The first-order valence-electron chi connectivity index (χ1n) is 6.81. The molecule has 0 atom stereocenters. The van der Waals surface area contributed by atoms with Gasteiger partial charge in [0.2, 0.25) is 0 Å². The van der Waals surface area contributed by atoms with Crippen LogP contribution in [0.1, 0.15) is 29.3 Å². The number of nitrogens with two attached hydrogens (primary N) is 1. The van der Waals surface area contributed by atoms with Crippen molar-refractivity contribution in [3.8, 4) is 5.75 Å².